The summed E-state index contributed by atoms with van der Waals surface area (Å²) in [7, 11) is 0. The highest BCUT2D eigenvalue weighted by Gasteiger charge is 2.20. The number of hydrogen-bond acceptors (Lipinski definition) is 3. The molecule has 0 unspecified atom stereocenters. The van der Waals surface area contributed by atoms with Gasteiger partial charge in [0.15, 0.2) is 0 Å². The van der Waals surface area contributed by atoms with E-state index in [9.17, 15) is 23.5 Å². The average Bonchev–Trinajstić information content (AvgIpc) is 3.07. The third-order valence-corrected chi connectivity index (χ3v) is 4.36. The van der Waals surface area contributed by atoms with E-state index in [1.54, 1.807) is 12.1 Å². The highest BCUT2D eigenvalue weighted by molar-refractivity contribution is 6.06. The molecule has 136 valence electrons. The predicted molar refractivity (Wildman–Crippen MR) is 92.1 cm³/mol. The summed E-state index contributed by atoms with van der Waals surface area (Å²) in [5, 5.41) is 14.9. The Morgan fingerprint density at radius 1 is 1.00 bits per heavy atom. The summed E-state index contributed by atoms with van der Waals surface area (Å²) in [4.78, 5) is 24.3. The lowest BCUT2D eigenvalue weighted by molar-refractivity contribution is 0.0937. The van der Waals surface area contributed by atoms with Gasteiger partial charge in [0.1, 0.15) is 22.9 Å². The molecule has 3 rings (SSSR count). The number of aromatic hydroxyl groups is 1. The number of nitrogens with one attached hydrogen (secondary N) is 2. The first-order valence-corrected chi connectivity index (χ1v) is 8.34. The molecule has 3 N–H and O–H groups in total. The van der Waals surface area contributed by atoms with Gasteiger partial charge >= 0.3 is 0 Å². The predicted octanol–water partition coefficient (Wildman–Crippen LogP) is 3.60. The molecule has 1 aliphatic carbocycles. The third kappa shape index (κ3) is 3.99. The molecule has 0 spiro atoms. The summed E-state index contributed by atoms with van der Waals surface area (Å²) in [5.41, 5.74) is 0.121. The van der Waals surface area contributed by atoms with E-state index in [0.717, 1.165) is 25.7 Å². The number of benzene rings is 2. The maximum atomic E-state index is 13.7. The van der Waals surface area contributed by atoms with E-state index in [1.807, 2.05) is 0 Å². The van der Waals surface area contributed by atoms with Crippen molar-refractivity contribution in [1.29, 1.82) is 0 Å². The second-order valence-electron chi connectivity index (χ2n) is 6.27. The fraction of sp³-hybridized carbons (Fsp3) is 0.263. The Kier molecular flexibility index (Phi) is 5.16. The van der Waals surface area contributed by atoms with Crippen molar-refractivity contribution in [2.24, 2.45) is 0 Å². The number of phenolic OH excluding ortho intramolecular Hbond substituents is 1. The van der Waals surface area contributed by atoms with Crippen LogP contribution in [0.15, 0.2) is 36.4 Å². The van der Waals surface area contributed by atoms with Crippen LogP contribution in [-0.4, -0.2) is 23.0 Å². The van der Waals surface area contributed by atoms with Gasteiger partial charge in [-0.15, -0.1) is 0 Å². The van der Waals surface area contributed by atoms with Crippen molar-refractivity contribution in [2.45, 2.75) is 31.7 Å². The maximum Gasteiger partial charge on any atom is 0.262 e. The van der Waals surface area contributed by atoms with Crippen LogP contribution in [0.1, 0.15) is 46.4 Å². The van der Waals surface area contributed by atoms with Crippen molar-refractivity contribution in [3.8, 4) is 5.75 Å². The first-order valence-electron chi connectivity index (χ1n) is 8.34. The van der Waals surface area contributed by atoms with Crippen LogP contribution in [0.3, 0.4) is 0 Å². The second-order valence-corrected chi connectivity index (χ2v) is 6.27. The Bertz CT molecular complexity index is 808. The molecule has 2 aromatic rings. The quantitative estimate of drug-likeness (QED) is 0.780. The first-order chi connectivity index (χ1) is 12.4. The van der Waals surface area contributed by atoms with Crippen LogP contribution in [0.2, 0.25) is 0 Å². The van der Waals surface area contributed by atoms with Crippen LogP contribution in [0.5, 0.6) is 5.75 Å². The van der Waals surface area contributed by atoms with E-state index in [2.05, 4.69) is 10.6 Å². The maximum absolute atomic E-state index is 13.7. The molecule has 2 amide bonds. The van der Waals surface area contributed by atoms with Gasteiger partial charge in [-0.2, -0.15) is 0 Å². The van der Waals surface area contributed by atoms with Gasteiger partial charge in [-0.3, -0.25) is 9.59 Å². The van der Waals surface area contributed by atoms with Crippen molar-refractivity contribution in [1.82, 2.24) is 5.32 Å². The molecule has 0 aromatic heterocycles. The number of anilines is 1. The Morgan fingerprint density at radius 2 is 1.65 bits per heavy atom. The molecule has 0 bridgehead atoms. The van der Waals surface area contributed by atoms with Crippen molar-refractivity contribution in [2.75, 3.05) is 5.32 Å². The Labute approximate surface area is 149 Å². The van der Waals surface area contributed by atoms with Gasteiger partial charge in [0.2, 0.25) is 0 Å². The minimum Gasteiger partial charge on any atom is -0.507 e. The zero-order chi connectivity index (χ0) is 18.7. The largest absolute Gasteiger partial charge is 0.507 e. The highest BCUT2D eigenvalue weighted by Crippen LogP contribution is 2.23. The Balaban J connectivity index is 1.67. The minimum atomic E-state index is -1.16. The fourth-order valence-electron chi connectivity index (χ4n) is 3.02. The first kappa shape index (κ1) is 17.8. The summed E-state index contributed by atoms with van der Waals surface area (Å²) in [6.07, 6.45) is 4.19. The van der Waals surface area contributed by atoms with Gasteiger partial charge in [-0.05, 0) is 37.1 Å². The summed E-state index contributed by atoms with van der Waals surface area (Å²) in [6.45, 7) is 0. The van der Waals surface area contributed by atoms with Crippen LogP contribution in [-0.2, 0) is 0 Å². The number of phenols is 1. The van der Waals surface area contributed by atoms with Gasteiger partial charge < -0.3 is 15.7 Å². The van der Waals surface area contributed by atoms with Crippen LogP contribution in [0, 0.1) is 11.6 Å². The summed E-state index contributed by atoms with van der Waals surface area (Å²) in [6, 6.07) is 7.47. The number of carbonyl (C=O) groups is 2. The molecule has 5 nitrogen and oxygen atoms in total. The molecule has 1 fully saturated rings. The number of halogens is 2. The van der Waals surface area contributed by atoms with E-state index >= 15 is 0 Å². The third-order valence-electron chi connectivity index (χ3n) is 4.36. The van der Waals surface area contributed by atoms with Crippen molar-refractivity contribution in [3.63, 3.8) is 0 Å². The lowest BCUT2D eigenvalue weighted by Gasteiger charge is -2.12. The topological polar surface area (TPSA) is 78.4 Å². The zero-order valence-electron chi connectivity index (χ0n) is 13.9. The molecule has 0 aliphatic heterocycles. The molecular formula is C19H18F2N2O3. The van der Waals surface area contributed by atoms with Crippen LogP contribution in [0.4, 0.5) is 14.5 Å². The van der Waals surface area contributed by atoms with E-state index in [0.29, 0.717) is 23.4 Å². The van der Waals surface area contributed by atoms with Gasteiger partial charge in [0, 0.05) is 29.4 Å². The highest BCUT2D eigenvalue weighted by atomic mass is 19.1. The molecular weight excluding hydrogens is 342 g/mol. The lowest BCUT2D eigenvalue weighted by Crippen LogP contribution is -2.32. The van der Waals surface area contributed by atoms with E-state index in [4.69, 9.17) is 0 Å². The minimum absolute atomic E-state index is 0.183. The Morgan fingerprint density at radius 3 is 2.27 bits per heavy atom. The number of carbonyl (C=O) groups excluding carboxylic acids is 2. The summed E-state index contributed by atoms with van der Waals surface area (Å²) >= 11 is 0. The van der Waals surface area contributed by atoms with E-state index in [1.165, 1.54) is 12.1 Å². The summed E-state index contributed by atoms with van der Waals surface area (Å²) < 4.78 is 26.7. The molecule has 0 saturated heterocycles. The van der Waals surface area contributed by atoms with Gasteiger partial charge in [-0.1, -0.05) is 12.8 Å². The smallest absolute Gasteiger partial charge is 0.262 e. The fourth-order valence-corrected chi connectivity index (χ4v) is 3.02. The van der Waals surface area contributed by atoms with Gasteiger partial charge in [0.25, 0.3) is 11.8 Å². The monoisotopic (exact) mass is 360 g/mol. The second kappa shape index (κ2) is 7.51. The van der Waals surface area contributed by atoms with Gasteiger partial charge in [0.05, 0.1) is 0 Å². The van der Waals surface area contributed by atoms with Crippen LogP contribution < -0.4 is 10.6 Å². The van der Waals surface area contributed by atoms with Gasteiger partial charge in [-0.25, -0.2) is 8.78 Å². The molecule has 1 aliphatic rings. The zero-order valence-corrected chi connectivity index (χ0v) is 13.9. The molecule has 7 heteroatoms. The van der Waals surface area contributed by atoms with E-state index < -0.39 is 28.9 Å². The average molecular weight is 360 g/mol. The van der Waals surface area contributed by atoms with Crippen LogP contribution >= 0.6 is 0 Å². The van der Waals surface area contributed by atoms with E-state index in [-0.39, 0.29) is 11.9 Å². The summed E-state index contributed by atoms with van der Waals surface area (Å²) in [5.74, 6) is -4.02. The van der Waals surface area contributed by atoms with Crippen LogP contribution in [0.25, 0.3) is 0 Å². The van der Waals surface area contributed by atoms with Crippen molar-refractivity contribution in [3.05, 3.63) is 59.2 Å². The van der Waals surface area contributed by atoms with Crippen molar-refractivity contribution >= 4 is 17.5 Å². The molecule has 0 radical (unpaired) electrons. The number of hydrogen-bond donors (Lipinski definition) is 3. The van der Waals surface area contributed by atoms with Crippen molar-refractivity contribution < 1.29 is 23.5 Å². The normalized spacial score (nSPS) is 14.2. The molecule has 1 saturated carbocycles. The Hall–Kier alpha value is -2.96. The lowest BCUT2D eigenvalue weighted by atomic mass is 10.1. The number of rotatable bonds is 4. The molecule has 0 atom stereocenters. The molecule has 26 heavy (non-hydrogen) atoms. The molecule has 2 aromatic carbocycles. The standard InChI is InChI=1S/C19H18F2N2O3/c20-12-9-15(21)17(16(24)10-12)19(26)23-14-7-5-11(6-8-14)18(25)22-13-3-1-2-4-13/h5-10,13,24H,1-4H2,(H,22,25)(H,23,26). The SMILES string of the molecule is O=C(NC1CCCC1)c1ccc(NC(=O)c2c(O)cc(F)cc2F)cc1. The molecule has 0 heterocycles. The number of amides is 2.